The van der Waals surface area contributed by atoms with Gasteiger partial charge in [-0.15, -0.1) is 0 Å². The molecule has 0 atom stereocenters. The van der Waals surface area contributed by atoms with Crippen molar-refractivity contribution >= 4 is 17.2 Å². The number of ether oxygens (including phenoxy) is 3. The molecule has 0 aliphatic carbocycles. The van der Waals surface area contributed by atoms with E-state index < -0.39 is 25.0 Å². The molecule has 0 bridgehead atoms. The van der Waals surface area contributed by atoms with Gasteiger partial charge in [-0.1, -0.05) is 0 Å². The topological polar surface area (TPSA) is 116 Å². The number of nitrogens with one attached hydrogen (secondary N) is 2. The van der Waals surface area contributed by atoms with E-state index in [4.69, 9.17) is 9.47 Å². The maximum absolute atomic E-state index is 13.2. The molecular formula is C26H20F4N6O4. The summed E-state index contributed by atoms with van der Waals surface area (Å²) < 4.78 is 69.4. The Balaban J connectivity index is 1.40. The molecule has 0 unspecified atom stereocenters. The van der Waals surface area contributed by atoms with Crippen LogP contribution in [0.15, 0.2) is 73.3 Å². The standard InChI is InChI=1S/C26H20F4N6O4/c1-26(29,30)14-38-15-3-5-16(6-4-15)39-17-7-8-21(40-25(27)28)18(11-17)22-20(13-32-35-22)34-24(37)19-12-33-36-10-2-9-31-23(19)36/h2-13,25H,14H2,1H3,(H,32,35)(H,34,37). The smallest absolute Gasteiger partial charge is 0.387 e. The molecule has 1 amide bonds. The molecule has 0 fully saturated rings. The van der Waals surface area contributed by atoms with Crippen LogP contribution in [0.25, 0.3) is 16.9 Å². The second kappa shape index (κ2) is 10.9. The van der Waals surface area contributed by atoms with Gasteiger partial charge in [0.15, 0.2) is 12.3 Å². The maximum atomic E-state index is 13.2. The van der Waals surface area contributed by atoms with Crippen molar-refractivity contribution in [3.05, 3.63) is 78.9 Å². The third-order valence-corrected chi connectivity index (χ3v) is 5.40. The first kappa shape index (κ1) is 26.5. The predicted molar refractivity (Wildman–Crippen MR) is 134 cm³/mol. The zero-order valence-corrected chi connectivity index (χ0v) is 20.6. The third-order valence-electron chi connectivity index (χ3n) is 5.40. The van der Waals surface area contributed by atoms with Crippen LogP contribution in [0, 0.1) is 0 Å². The number of alkyl halides is 4. The van der Waals surface area contributed by atoms with Gasteiger partial charge in [-0.05, 0) is 48.5 Å². The summed E-state index contributed by atoms with van der Waals surface area (Å²) in [6.07, 6.45) is 5.80. The Morgan fingerprint density at radius 1 is 1.10 bits per heavy atom. The van der Waals surface area contributed by atoms with Crippen molar-refractivity contribution in [2.45, 2.75) is 19.5 Å². The molecule has 0 aliphatic rings. The van der Waals surface area contributed by atoms with E-state index in [2.05, 4.69) is 30.3 Å². The summed E-state index contributed by atoms with van der Waals surface area (Å²) in [5, 5.41) is 13.4. The van der Waals surface area contributed by atoms with E-state index in [1.54, 1.807) is 12.3 Å². The van der Waals surface area contributed by atoms with Crippen molar-refractivity contribution in [3.8, 4) is 34.3 Å². The van der Waals surface area contributed by atoms with Crippen molar-refractivity contribution in [3.63, 3.8) is 0 Å². The lowest BCUT2D eigenvalue weighted by atomic mass is 10.1. The monoisotopic (exact) mass is 556 g/mol. The summed E-state index contributed by atoms with van der Waals surface area (Å²) in [7, 11) is 0. The molecule has 206 valence electrons. The second-order valence-electron chi connectivity index (χ2n) is 8.53. The molecule has 0 saturated carbocycles. The average Bonchev–Trinajstić information content (AvgIpc) is 3.55. The van der Waals surface area contributed by atoms with Crippen LogP contribution in [-0.4, -0.2) is 49.8 Å². The van der Waals surface area contributed by atoms with E-state index in [0.717, 1.165) is 6.92 Å². The third kappa shape index (κ3) is 6.11. The summed E-state index contributed by atoms with van der Waals surface area (Å²) in [6.45, 7) is -3.16. The number of benzene rings is 2. The fourth-order valence-electron chi connectivity index (χ4n) is 3.68. The van der Waals surface area contributed by atoms with Gasteiger partial charge < -0.3 is 19.5 Å². The normalized spacial score (nSPS) is 11.6. The molecule has 2 aromatic carbocycles. The van der Waals surface area contributed by atoms with Crippen molar-refractivity contribution in [2.24, 2.45) is 0 Å². The Morgan fingerprint density at radius 2 is 1.85 bits per heavy atom. The predicted octanol–water partition coefficient (Wildman–Crippen LogP) is 5.80. The number of nitrogens with zero attached hydrogens (tertiary/aromatic N) is 4. The number of rotatable bonds is 10. The maximum Gasteiger partial charge on any atom is 0.387 e. The fourth-order valence-corrected chi connectivity index (χ4v) is 3.68. The number of aromatic nitrogens is 5. The van der Waals surface area contributed by atoms with Crippen LogP contribution in [0.2, 0.25) is 0 Å². The summed E-state index contributed by atoms with van der Waals surface area (Å²) in [4.78, 5) is 17.1. The zero-order chi connectivity index (χ0) is 28.3. The number of anilines is 1. The fraction of sp³-hybridized carbons (Fsp3) is 0.154. The molecule has 5 aromatic rings. The summed E-state index contributed by atoms with van der Waals surface area (Å²) in [5.74, 6) is -2.98. The molecular weight excluding hydrogens is 536 g/mol. The molecule has 5 rings (SSSR count). The first-order chi connectivity index (χ1) is 19.2. The molecule has 2 N–H and O–H groups in total. The Bertz CT molecular complexity index is 1630. The van der Waals surface area contributed by atoms with Crippen LogP contribution < -0.4 is 19.5 Å². The molecule has 3 aromatic heterocycles. The van der Waals surface area contributed by atoms with Crippen LogP contribution in [-0.2, 0) is 0 Å². The molecule has 0 aliphatic heterocycles. The lowest BCUT2D eigenvalue weighted by Crippen LogP contribution is -2.20. The summed E-state index contributed by atoms with van der Waals surface area (Å²) in [5.41, 5.74) is 0.966. The first-order valence-corrected chi connectivity index (χ1v) is 11.7. The number of hydrogen-bond acceptors (Lipinski definition) is 7. The van der Waals surface area contributed by atoms with Crippen LogP contribution in [0.3, 0.4) is 0 Å². The molecule has 0 saturated heterocycles. The van der Waals surface area contributed by atoms with E-state index >= 15 is 0 Å². The Labute approximate surface area is 223 Å². The van der Waals surface area contributed by atoms with Crippen molar-refractivity contribution in [2.75, 3.05) is 11.9 Å². The quantitative estimate of drug-likeness (QED) is 0.209. The highest BCUT2D eigenvalue weighted by Gasteiger charge is 2.23. The highest BCUT2D eigenvalue weighted by atomic mass is 19.3. The van der Waals surface area contributed by atoms with Crippen molar-refractivity contribution in [1.29, 1.82) is 0 Å². The van der Waals surface area contributed by atoms with Gasteiger partial charge in [-0.3, -0.25) is 9.89 Å². The number of H-pyrrole nitrogens is 1. The van der Waals surface area contributed by atoms with Gasteiger partial charge in [0, 0.05) is 24.9 Å². The van der Waals surface area contributed by atoms with E-state index in [9.17, 15) is 22.4 Å². The Morgan fingerprint density at radius 3 is 2.60 bits per heavy atom. The zero-order valence-electron chi connectivity index (χ0n) is 20.6. The number of halogens is 4. The van der Waals surface area contributed by atoms with Crippen LogP contribution >= 0.6 is 0 Å². The number of fused-ring (bicyclic) bond motifs is 1. The first-order valence-electron chi connectivity index (χ1n) is 11.7. The average molecular weight is 556 g/mol. The molecule has 10 nitrogen and oxygen atoms in total. The minimum absolute atomic E-state index is 0.119. The minimum Gasteiger partial charge on any atom is -0.487 e. The lowest BCUT2D eigenvalue weighted by molar-refractivity contribution is -0.0495. The minimum atomic E-state index is -3.13. The van der Waals surface area contributed by atoms with Gasteiger partial charge in [-0.2, -0.15) is 19.0 Å². The SMILES string of the molecule is CC(F)(F)COc1ccc(Oc2ccc(OC(F)F)c(-c3[nH]ncc3NC(=O)c3cnn4cccnc34)c2)cc1. The second-order valence-corrected chi connectivity index (χ2v) is 8.53. The number of carbonyl (C=O) groups excluding carboxylic acids is 1. The van der Waals surface area contributed by atoms with E-state index in [1.165, 1.54) is 65.6 Å². The van der Waals surface area contributed by atoms with E-state index in [-0.39, 0.29) is 39.8 Å². The number of aromatic amines is 1. The highest BCUT2D eigenvalue weighted by Crippen LogP contribution is 2.38. The van der Waals surface area contributed by atoms with Crippen LogP contribution in [0.4, 0.5) is 23.2 Å². The molecule has 0 radical (unpaired) electrons. The number of hydrogen-bond donors (Lipinski definition) is 2. The van der Waals surface area contributed by atoms with Crippen LogP contribution in [0.1, 0.15) is 17.3 Å². The van der Waals surface area contributed by atoms with E-state index in [0.29, 0.717) is 11.4 Å². The number of amides is 1. The summed E-state index contributed by atoms with van der Waals surface area (Å²) in [6, 6.07) is 11.7. The van der Waals surface area contributed by atoms with Crippen molar-refractivity contribution in [1.82, 2.24) is 24.8 Å². The highest BCUT2D eigenvalue weighted by molar-refractivity contribution is 6.09. The van der Waals surface area contributed by atoms with Crippen LogP contribution in [0.5, 0.6) is 23.0 Å². The van der Waals surface area contributed by atoms with Gasteiger partial charge in [-0.25, -0.2) is 18.3 Å². The molecule has 3 heterocycles. The molecule has 40 heavy (non-hydrogen) atoms. The molecule has 0 spiro atoms. The Kier molecular flexibility index (Phi) is 7.23. The van der Waals surface area contributed by atoms with E-state index in [1.807, 2.05) is 0 Å². The van der Waals surface area contributed by atoms with Gasteiger partial charge in [0.05, 0.1) is 23.8 Å². The molecule has 14 heteroatoms. The largest absolute Gasteiger partial charge is 0.487 e. The van der Waals surface area contributed by atoms with Crippen molar-refractivity contribution < 1.29 is 36.6 Å². The van der Waals surface area contributed by atoms with Gasteiger partial charge in [0.25, 0.3) is 11.8 Å². The number of carbonyl (C=O) groups is 1. The lowest BCUT2D eigenvalue weighted by Gasteiger charge is -2.14. The van der Waals surface area contributed by atoms with Gasteiger partial charge in [0.2, 0.25) is 0 Å². The summed E-state index contributed by atoms with van der Waals surface area (Å²) >= 11 is 0. The van der Waals surface area contributed by atoms with Gasteiger partial charge in [0.1, 0.15) is 28.6 Å². The van der Waals surface area contributed by atoms with Gasteiger partial charge >= 0.3 is 6.61 Å². The Hall–Kier alpha value is -5.14.